The Balaban J connectivity index is 1.91. The van der Waals surface area contributed by atoms with Gasteiger partial charge in [-0.1, -0.05) is 31.2 Å². The molecule has 0 aromatic heterocycles. The summed E-state index contributed by atoms with van der Waals surface area (Å²) in [6.07, 6.45) is 10.2. The average molecular weight is 160 g/mol. The lowest BCUT2D eigenvalue weighted by atomic mass is 9.96. The van der Waals surface area contributed by atoms with Gasteiger partial charge in [0.15, 0.2) is 0 Å². The molecule has 0 N–H and O–H groups in total. The van der Waals surface area contributed by atoms with E-state index in [2.05, 4.69) is 31.2 Å². The summed E-state index contributed by atoms with van der Waals surface area (Å²) < 4.78 is 5.89. The third-order valence-electron chi connectivity index (χ3n) is 4.34. The maximum absolute atomic E-state index is 5.89. The lowest BCUT2D eigenvalue weighted by molar-refractivity contribution is -0.0121. The van der Waals surface area contributed by atoms with Crippen LogP contribution in [0.25, 0.3) is 0 Å². The number of rotatable bonds is 0. The van der Waals surface area contributed by atoms with Crippen LogP contribution in [0.3, 0.4) is 0 Å². The van der Waals surface area contributed by atoms with Gasteiger partial charge in [-0.3, -0.25) is 0 Å². The van der Waals surface area contributed by atoms with E-state index in [0.717, 1.165) is 11.8 Å². The number of fused-ring (bicyclic) bond motifs is 5. The SMILES string of the molecule is CC12C=CC3[C@H]1C2C1C=C[C@@H]3O1. The van der Waals surface area contributed by atoms with Crippen LogP contribution in [0.2, 0.25) is 0 Å². The molecule has 0 aromatic rings. The quantitative estimate of drug-likeness (QED) is 0.491. The zero-order valence-corrected chi connectivity index (χ0v) is 7.10. The standard InChI is InChI=1S/C11H12O/c1-11-5-4-6-7-2-3-8(12-7)10(11)9(6)11/h2-10H,1H3/t6?,7-,8?,9-,10?,11?/m0/s1. The van der Waals surface area contributed by atoms with Crippen LogP contribution in [0.15, 0.2) is 24.3 Å². The van der Waals surface area contributed by atoms with Crippen molar-refractivity contribution in [1.82, 2.24) is 0 Å². The second-order valence-electron chi connectivity index (χ2n) is 4.80. The lowest BCUT2D eigenvalue weighted by Crippen LogP contribution is -2.29. The lowest BCUT2D eigenvalue weighted by Gasteiger charge is -2.26. The highest BCUT2D eigenvalue weighted by molar-refractivity contribution is 5.37. The molecule has 12 heavy (non-hydrogen) atoms. The highest BCUT2D eigenvalue weighted by atomic mass is 16.5. The Labute approximate surface area is 72.1 Å². The molecule has 1 nitrogen and oxygen atoms in total. The molecule has 2 aliphatic carbocycles. The predicted molar refractivity (Wildman–Crippen MR) is 45.5 cm³/mol. The second-order valence-corrected chi connectivity index (χ2v) is 4.80. The molecule has 1 heteroatoms. The first-order valence-corrected chi connectivity index (χ1v) is 4.84. The van der Waals surface area contributed by atoms with Crippen molar-refractivity contribution >= 4 is 0 Å². The Kier molecular flexibility index (Phi) is 0.716. The van der Waals surface area contributed by atoms with Gasteiger partial charge in [0.1, 0.15) is 0 Å². The Morgan fingerprint density at radius 1 is 1.08 bits per heavy atom. The molecular weight excluding hydrogens is 148 g/mol. The first-order valence-electron chi connectivity index (χ1n) is 4.84. The minimum absolute atomic E-state index is 0.414. The number of ether oxygens (including phenoxy) is 1. The van der Waals surface area contributed by atoms with Crippen LogP contribution in [0.1, 0.15) is 6.92 Å². The van der Waals surface area contributed by atoms with Gasteiger partial charge in [0, 0.05) is 11.8 Å². The molecule has 6 atom stereocenters. The summed E-state index contributed by atoms with van der Waals surface area (Å²) in [5.74, 6) is 2.42. The van der Waals surface area contributed by atoms with Crippen LogP contribution in [-0.4, -0.2) is 12.2 Å². The van der Waals surface area contributed by atoms with E-state index in [1.54, 1.807) is 0 Å². The van der Waals surface area contributed by atoms with E-state index in [0.29, 0.717) is 23.5 Å². The number of hydrogen-bond donors (Lipinski definition) is 0. The normalized spacial score (nSPS) is 68.6. The van der Waals surface area contributed by atoms with Crippen LogP contribution < -0.4 is 0 Å². The molecule has 62 valence electrons. The van der Waals surface area contributed by atoms with Crippen molar-refractivity contribution in [3.8, 4) is 0 Å². The van der Waals surface area contributed by atoms with E-state index in [1.165, 1.54) is 0 Å². The monoisotopic (exact) mass is 160 g/mol. The Morgan fingerprint density at radius 2 is 1.92 bits per heavy atom. The molecule has 4 unspecified atom stereocenters. The van der Waals surface area contributed by atoms with Gasteiger partial charge in [-0.05, 0) is 11.3 Å². The highest BCUT2D eigenvalue weighted by Gasteiger charge is 2.71. The van der Waals surface area contributed by atoms with E-state index in [4.69, 9.17) is 4.74 Å². The van der Waals surface area contributed by atoms with Crippen LogP contribution in [0, 0.1) is 23.2 Å². The van der Waals surface area contributed by atoms with Gasteiger partial charge in [-0.2, -0.15) is 0 Å². The number of allylic oxidation sites excluding steroid dienone is 1. The Bertz CT molecular complexity index is 317. The third-order valence-corrected chi connectivity index (χ3v) is 4.34. The molecule has 0 radical (unpaired) electrons. The first-order chi connectivity index (χ1) is 5.81. The topological polar surface area (TPSA) is 9.23 Å². The van der Waals surface area contributed by atoms with E-state index in [1.807, 2.05) is 0 Å². The number of hydrogen-bond acceptors (Lipinski definition) is 1. The molecule has 0 aromatic carbocycles. The Hall–Kier alpha value is -0.560. The average Bonchev–Trinajstić information content (AvgIpc) is 2.51. The summed E-state index contributed by atoms with van der Waals surface area (Å²) in [5.41, 5.74) is 0.509. The summed E-state index contributed by atoms with van der Waals surface area (Å²) in [7, 11) is 0. The molecule has 2 bridgehead atoms. The van der Waals surface area contributed by atoms with E-state index in [-0.39, 0.29) is 0 Å². The third kappa shape index (κ3) is 0.411. The Morgan fingerprint density at radius 3 is 2.83 bits per heavy atom. The van der Waals surface area contributed by atoms with Crippen LogP contribution in [0.5, 0.6) is 0 Å². The zero-order valence-electron chi connectivity index (χ0n) is 7.10. The molecule has 4 aliphatic rings. The predicted octanol–water partition coefficient (Wildman–Crippen LogP) is 1.76. The van der Waals surface area contributed by atoms with E-state index < -0.39 is 0 Å². The summed E-state index contributed by atoms with van der Waals surface area (Å²) in [6, 6.07) is 0. The summed E-state index contributed by atoms with van der Waals surface area (Å²) in [5, 5.41) is 0. The van der Waals surface area contributed by atoms with Gasteiger partial charge in [0.05, 0.1) is 12.2 Å². The van der Waals surface area contributed by atoms with Crippen molar-refractivity contribution < 1.29 is 4.74 Å². The van der Waals surface area contributed by atoms with Gasteiger partial charge in [-0.15, -0.1) is 0 Å². The molecule has 2 fully saturated rings. The molecule has 2 heterocycles. The van der Waals surface area contributed by atoms with Crippen LogP contribution in [-0.2, 0) is 4.74 Å². The minimum Gasteiger partial charge on any atom is -0.366 e. The molecule has 1 saturated carbocycles. The largest absolute Gasteiger partial charge is 0.366 e. The van der Waals surface area contributed by atoms with Gasteiger partial charge < -0.3 is 4.74 Å². The smallest absolute Gasteiger partial charge is 0.0830 e. The van der Waals surface area contributed by atoms with Gasteiger partial charge >= 0.3 is 0 Å². The molecule has 4 rings (SSSR count). The van der Waals surface area contributed by atoms with E-state index in [9.17, 15) is 0 Å². The van der Waals surface area contributed by atoms with Crippen LogP contribution >= 0.6 is 0 Å². The highest BCUT2D eigenvalue weighted by Crippen LogP contribution is 2.72. The molecular formula is C11H12O. The van der Waals surface area contributed by atoms with Gasteiger partial charge in [0.2, 0.25) is 0 Å². The van der Waals surface area contributed by atoms with Gasteiger partial charge in [0.25, 0.3) is 0 Å². The van der Waals surface area contributed by atoms with Crippen molar-refractivity contribution in [1.29, 1.82) is 0 Å². The maximum atomic E-state index is 5.89. The first kappa shape index (κ1) is 5.98. The fourth-order valence-electron chi connectivity index (χ4n) is 3.70. The van der Waals surface area contributed by atoms with E-state index >= 15 is 0 Å². The summed E-state index contributed by atoms with van der Waals surface area (Å²) in [4.78, 5) is 0. The molecule has 0 amide bonds. The molecule has 2 aliphatic heterocycles. The van der Waals surface area contributed by atoms with Crippen molar-refractivity contribution in [2.75, 3.05) is 0 Å². The zero-order chi connectivity index (χ0) is 7.92. The van der Waals surface area contributed by atoms with Crippen molar-refractivity contribution in [3.05, 3.63) is 24.3 Å². The fraction of sp³-hybridized carbons (Fsp3) is 0.636. The summed E-state index contributed by atoms with van der Waals surface area (Å²) in [6.45, 7) is 2.39. The van der Waals surface area contributed by atoms with Gasteiger partial charge in [-0.25, -0.2) is 0 Å². The minimum atomic E-state index is 0.414. The summed E-state index contributed by atoms with van der Waals surface area (Å²) >= 11 is 0. The second kappa shape index (κ2) is 1.44. The van der Waals surface area contributed by atoms with Crippen molar-refractivity contribution in [2.45, 2.75) is 19.1 Å². The fourth-order valence-corrected chi connectivity index (χ4v) is 3.70. The molecule has 0 spiro atoms. The maximum Gasteiger partial charge on any atom is 0.0830 e. The van der Waals surface area contributed by atoms with Crippen LogP contribution in [0.4, 0.5) is 0 Å². The molecule has 1 saturated heterocycles. The van der Waals surface area contributed by atoms with Crippen molar-refractivity contribution in [3.63, 3.8) is 0 Å². The van der Waals surface area contributed by atoms with Crippen molar-refractivity contribution in [2.24, 2.45) is 23.2 Å².